The minimum absolute atomic E-state index is 0.279. The van der Waals surface area contributed by atoms with Crippen LogP contribution in [0.1, 0.15) is 36.0 Å². The highest BCUT2D eigenvalue weighted by molar-refractivity contribution is 5.43. The van der Waals surface area contributed by atoms with E-state index in [2.05, 4.69) is 24.8 Å². The molecule has 1 aliphatic heterocycles. The molecule has 0 spiro atoms. The summed E-state index contributed by atoms with van der Waals surface area (Å²) < 4.78 is 0. The Labute approximate surface area is 112 Å². The number of rotatable bonds is 2. The average molecular weight is 255 g/mol. The number of hydrogen-bond acceptors (Lipinski definition) is 5. The molecule has 5 heteroatoms. The second-order valence-electron chi connectivity index (χ2n) is 4.95. The number of anilines is 1. The fourth-order valence-corrected chi connectivity index (χ4v) is 2.59. The molecule has 0 radical (unpaired) electrons. The number of hydrogen-bond donors (Lipinski definition) is 0. The molecule has 0 amide bonds. The first kappa shape index (κ1) is 12.0. The summed E-state index contributed by atoms with van der Waals surface area (Å²) in [5, 5.41) is 0. The molecule has 98 valence electrons. The molecule has 2 aromatic rings. The van der Waals surface area contributed by atoms with Crippen molar-refractivity contribution in [2.75, 3.05) is 11.4 Å². The molecular formula is C14H17N5. The molecular weight excluding hydrogens is 238 g/mol. The summed E-state index contributed by atoms with van der Waals surface area (Å²) in [5.41, 5.74) is 2.99. The first-order valence-electron chi connectivity index (χ1n) is 6.58. The van der Waals surface area contributed by atoms with Crippen LogP contribution in [-0.2, 0) is 0 Å². The van der Waals surface area contributed by atoms with Crippen LogP contribution in [0.2, 0.25) is 0 Å². The smallest absolute Gasteiger partial charge is 0.132 e. The van der Waals surface area contributed by atoms with Crippen molar-refractivity contribution in [3.8, 4) is 0 Å². The lowest BCUT2D eigenvalue weighted by Gasteiger charge is -2.25. The van der Waals surface area contributed by atoms with Gasteiger partial charge in [-0.3, -0.25) is 9.97 Å². The van der Waals surface area contributed by atoms with Gasteiger partial charge in [0.1, 0.15) is 12.1 Å². The average Bonchev–Trinajstić information content (AvgIpc) is 2.88. The van der Waals surface area contributed by atoms with Crippen LogP contribution in [0, 0.1) is 13.8 Å². The number of aromatic nitrogens is 4. The van der Waals surface area contributed by atoms with Gasteiger partial charge in [0, 0.05) is 24.5 Å². The minimum Gasteiger partial charge on any atom is -0.348 e. The van der Waals surface area contributed by atoms with Gasteiger partial charge in [-0.05, 0) is 26.7 Å². The Kier molecular flexibility index (Phi) is 3.11. The van der Waals surface area contributed by atoms with Crippen molar-refractivity contribution >= 4 is 5.82 Å². The molecule has 3 heterocycles. The van der Waals surface area contributed by atoms with Crippen LogP contribution in [0.4, 0.5) is 5.82 Å². The third-order valence-corrected chi connectivity index (χ3v) is 3.45. The topological polar surface area (TPSA) is 54.8 Å². The Bertz CT molecular complexity index is 532. The summed E-state index contributed by atoms with van der Waals surface area (Å²) in [4.78, 5) is 19.7. The first-order chi connectivity index (χ1) is 9.24. The van der Waals surface area contributed by atoms with Gasteiger partial charge in [0.05, 0.1) is 23.6 Å². The van der Waals surface area contributed by atoms with E-state index in [1.54, 1.807) is 12.5 Å². The highest BCUT2D eigenvalue weighted by Gasteiger charge is 2.28. The van der Waals surface area contributed by atoms with Crippen LogP contribution in [0.5, 0.6) is 0 Å². The minimum atomic E-state index is 0.279. The zero-order valence-electron chi connectivity index (χ0n) is 11.2. The zero-order chi connectivity index (χ0) is 13.2. The third-order valence-electron chi connectivity index (χ3n) is 3.45. The van der Waals surface area contributed by atoms with Gasteiger partial charge >= 0.3 is 0 Å². The maximum atomic E-state index is 4.61. The Balaban J connectivity index is 1.93. The van der Waals surface area contributed by atoms with E-state index >= 15 is 0 Å². The molecule has 0 saturated carbocycles. The van der Waals surface area contributed by atoms with Gasteiger partial charge in [-0.15, -0.1) is 0 Å². The Morgan fingerprint density at radius 2 is 2.05 bits per heavy atom. The molecule has 5 nitrogen and oxygen atoms in total. The van der Waals surface area contributed by atoms with Crippen molar-refractivity contribution < 1.29 is 0 Å². The Morgan fingerprint density at radius 3 is 2.84 bits per heavy atom. The van der Waals surface area contributed by atoms with E-state index in [1.807, 2.05) is 26.1 Å². The van der Waals surface area contributed by atoms with Crippen molar-refractivity contribution in [2.45, 2.75) is 32.7 Å². The lowest BCUT2D eigenvalue weighted by atomic mass is 10.1. The zero-order valence-corrected chi connectivity index (χ0v) is 11.2. The van der Waals surface area contributed by atoms with Crippen molar-refractivity contribution in [1.82, 2.24) is 19.9 Å². The summed E-state index contributed by atoms with van der Waals surface area (Å²) >= 11 is 0. The summed E-state index contributed by atoms with van der Waals surface area (Å²) in [5.74, 6) is 0.985. The van der Waals surface area contributed by atoms with Gasteiger partial charge in [0.25, 0.3) is 0 Å². The maximum Gasteiger partial charge on any atom is 0.132 e. The molecule has 1 aliphatic rings. The molecule has 0 aliphatic carbocycles. The lowest BCUT2D eigenvalue weighted by Crippen LogP contribution is -2.24. The van der Waals surface area contributed by atoms with E-state index in [9.17, 15) is 0 Å². The van der Waals surface area contributed by atoms with E-state index in [1.165, 1.54) is 0 Å². The predicted molar refractivity (Wildman–Crippen MR) is 72.9 cm³/mol. The number of nitrogens with zero attached hydrogens (tertiary/aromatic N) is 5. The van der Waals surface area contributed by atoms with Gasteiger partial charge in [-0.2, -0.15) is 0 Å². The van der Waals surface area contributed by atoms with Crippen LogP contribution >= 0.6 is 0 Å². The van der Waals surface area contributed by atoms with Crippen molar-refractivity contribution in [2.24, 2.45) is 0 Å². The van der Waals surface area contributed by atoms with Crippen LogP contribution in [0.15, 0.2) is 24.8 Å². The maximum absolute atomic E-state index is 4.61. The third kappa shape index (κ3) is 2.41. The Morgan fingerprint density at radius 1 is 1.16 bits per heavy atom. The van der Waals surface area contributed by atoms with E-state index in [4.69, 9.17) is 0 Å². The first-order valence-corrected chi connectivity index (χ1v) is 6.58. The molecule has 1 fully saturated rings. The normalized spacial score (nSPS) is 18.8. The lowest BCUT2D eigenvalue weighted by molar-refractivity contribution is 0.678. The standard InChI is InChI=1S/C14H17N5/c1-10-6-14(17-9-16-10)19-5-3-4-13(19)12-8-15-7-11(2)18-12/h6-9,13H,3-5H2,1-2H3. The van der Waals surface area contributed by atoms with Crippen LogP contribution in [0.25, 0.3) is 0 Å². The second kappa shape index (κ2) is 4.91. The quantitative estimate of drug-likeness (QED) is 0.823. The summed E-state index contributed by atoms with van der Waals surface area (Å²) in [6.45, 7) is 4.98. The predicted octanol–water partition coefficient (Wildman–Crippen LogP) is 2.22. The summed E-state index contributed by atoms with van der Waals surface area (Å²) in [7, 11) is 0. The van der Waals surface area contributed by atoms with E-state index in [0.29, 0.717) is 0 Å². The molecule has 0 bridgehead atoms. The number of aryl methyl sites for hydroxylation is 2. The second-order valence-corrected chi connectivity index (χ2v) is 4.95. The largest absolute Gasteiger partial charge is 0.348 e. The van der Waals surface area contributed by atoms with Gasteiger partial charge in [-0.1, -0.05) is 0 Å². The van der Waals surface area contributed by atoms with Gasteiger partial charge < -0.3 is 4.90 Å². The molecule has 1 unspecified atom stereocenters. The van der Waals surface area contributed by atoms with E-state index < -0.39 is 0 Å². The van der Waals surface area contributed by atoms with Gasteiger partial charge in [0.2, 0.25) is 0 Å². The van der Waals surface area contributed by atoms with Crippen molar-refractivity contribution in [1.29, 1.82) is 0 Å². The summed E-state index contributed by atoms with van der Waals surface area (Å²) in [6, 6.07) is 2.31. The molecule has 1 saturated heterocycles. The highest BCUT2D eigenvalue weighted by atomic mass is 15.2. The van der Waals surface area contributed by atoms with Crippen molar-refractivity contribution in [3.63, 3.8) is 0 Å². The molecule has 0 aromatic carbocycles. The molecule has 2 aromatic heterocycles. The Hall–Kier alpha value is -2.04. The van der Waals surface area contributed by atoms with E-state index in [0.717, 1.165) is 42.3 Å². The molecule has 3 rings (SSSR count). The van der Waals surface area contributed by atoms with Crippen LogP contribution < -0.4 is 4.90 Å². The van der Waals surface area contributed by atoms with Gasteiger partial charge in [0.15, 0.2) is 0 Å². The van der Waals surface area contributed by atoms with Gasteiger partial charge in [-0.25, -0.2) is 9.97 Å². The van der Waals surface area contributed by atoms with E-state index in [-0.39, 0.29) is 6.04 Å². The summed E-state index contributed by atoms with van der Waals surface area (Å²) in [6.07, 6.45) is 7.54. The van der Waals surface area contributed by atoms with Crippen LogP contribution in [0.3, 0.4) is 0 Å². The fraction of sp³-hybridized carbons (Fsp3) is 0.429. The van der Waals surface area contributed by atoms with Crippen molar-refractivity contribution in [3.05, 3.63) is 41.9 Å². The SMILES string of the molecule is Cc1cc(N2CCCC2c2cncc(C)n2)ncn1. The molecule has 0 N–H and O–H groups in total. The monoisotopic (exact) mass is 255 g/mol. The highest BCUT2D eigenvalue weighted by Crippen LogP contribution is 2.33. The van der Waals surface area contributed by atoms with Crippen LogP contribution in [-0.4, -0.2) is 26.5 Å². The molecule has 19 heavy (non-hydrogen) atoms. The fourth-order valence-electron chi connectivity index (χ4n) is 2.59. The molecule has 1 atom stereocenters.